The van der Waals surface area contributed by atoms with Crippen molar-refractivity contribution in [1.82, 2.24) is 4.90 Å². The molecule has 16 heavy (non-hydrogen) atoms. The normalized spacial score (nSPS) is 18.1. The number of nitrogen functional groups attached to an aromatic ring is 2. The summed E-state index contributed by atoms with van der Waals surface area (Å²) in [6.45, 7) is 6.57. The van der Waals surface area contributed by atoms with Gasteiger partial charge in [-0.25, -0.2) is 0 Å². The third-order valence-corrected chi connectivity index (χ3v) is 3.73. The lowest BCUT2D eigenvalue weighted by atomic mass is 9.96. The van der Waals surface area contributed by atoms with E-state index in [1.807, 2.05) is 6.07 Å². The number of hydrogen-bond acceptors (Lipinski definition) is 3. The SMILES string of the molecule is CCC(C)N1CCc2ccc(N)c(N)c2C1. The van der Waals surface area contributed by atoms with Crippen molar-refractivity contribution in [2.75, 3.05) is 18.0 Å². The summed E-state index contributed by atoms with van der Waals surface area (Å²) in [5, 5.41) is 0. The highest BCUT2D eigenvalue weighted by molar-refractivity contribution is 5.69. The molecule has 1 aliphatic rings. The average molecular weight is 219 g/mol. The summed E-state index contributed by atoms with van der Waals surface area (Å²) in [6.07, 6.45) is 2.27. The monoisotopic (exact) mass is 219 g/mol. The zero-order chi connectivity index (χ0) is 11.7. The molecule has 1 aliphatic heterocycles. The fraction of sp³-hybridized carbons (Fsp3) is 0.538. The van der Waals surface area contributed by atoms with Gasteiger partial charge in [0.1, 0.15) is 0 Å². The summed E-state index contributed by atoms with van der Waals surface area (Å²) in [4.78, 5) is 2.48. The molecule has 3 heteroatoms. The molecule has 0 bridgehead atoms. The van der Waals surface area contributed by atoms with Gasteiger partial charge in [-0.15, -0.1) is 0 Å². The third kappa shape index (κ3) is 1.87. The summed E-state index contributed by atoms with van der Waals surface area (Å²) in [5.74, 6) is 0. The van der Waals surface area contributed by atoms with E-state index in [1.54, 1.807) is 0 Å². The zero-order valence-electron chi connectivity index (χ0n) is 10.2. The molecule has 1 heterocycles. The maximum absolute atomic E-state index is 6.06. The Morgan fingerprint density at radius 1 is 1.38 bits per heavy atom. The van der Waals surface area contributed by atoms with E-state index in [0.717, 1.165) is 25.2 Å². The van der Waals surface area contributed by atoms with Crippen molar-refractivity contribution < 1.29 is 0 Å². The smallest absolute Gasteiger partial charge is 0.0596 e. The molecule has 2 rings (SSSR count). The van der Waals surface area contributed by atoms with E-state index in [-0.39, 0.29) is 0 Å². The fourth-order valence-electron chi connectivity index (χ4n) is 2.33. The number of benzene rings is 1. The number of anilines is 2. The van der Waals surface area contributed by atoms with Gasteiger partial charge in [0, 0.05) is 19.1 Å². The first-order chi connectivity index (χ1) is 7.63. The van der Waals surface area contributed by atoms with Crippen molar-refractivity contribution in [3.63, 3.8) is 0 Å². The van der Waals surface area contributed by atoms with Crippen LogP contribution in [0.15, 0.2) is 12.1 Å². The number of fused-ring (bicyclic) bond motifs is 1. The standard InChI is InChI=1S/C13H21N3/c1-3-9(2)16-7-6-10-4-5-12(14)13(15)11(10)8-16/h4-5,9H,3,6-8,14-15H2,1-2H3. The first kappa shape index (κ1) is 11.3. The van der Waals surface area contributed by atoms with E-state index >= 15 is 0 Å². The topological polar surface area (TPSA) is 55.3 Å². The number of hydrogen-bond donors (Lipinski definition) is 2. The molecule has 0 aliphatic carbocycles. The van der Waals surface area contributed by atoms with Crippen LogP contribution in [-0.2, 0) is 13.0 Å². The van der Waals surface area contributed by atoms with Crippen molar-refractivity contribution in [1.29, 1.82) is 0 Å². The molecule has 1 unspecified atom stereocenters. The maximum atomic E-state index is 6.06. The second-order valence-corrected chi connectivity index (χ2v) is 4.68. The van der Waals surface area contributed by atoms with Gasteiger partial charge in [-0.1, -0.05) is 13.0 Å². The van der Waals surface area contributed by atoms with E-state index in [9.17, 15) is 0 Å². The number of nitrogens with zero attached hydrogens (tertiary/aromatic N) is 1. The zero-order valence-corrected chi connectivity index (χ0v) is 10.2. The molecule has 4 N–H and O–H groups in total. The molecule has 0 radical (unpaired) electrons. The number of rotatable bonds is 2. The van der Waals surface area contributed by atoms with Crippen LogP contribution in [-0.4, -0.2) is 17.5 Å². The van der Waals surface area contributed by atoms with Crippen molar-refractivity contribution >= 4 is 11.4 Å². The summed E-state index contributed by atoms with van der Waals surface area (Å²) in [7, 11) is 0. The first-order valence-corrected chi connectivity index (χ1v) is 6.03. The highest BCUT2D eigenvalue weighted by atomic mass is 15.2. The Kier molecular flexibility index (Phi) is 3.06. The minimum atomic E-state index is 0.619. The maximum Gasteiger partial charge on any atom is 0.0596 e. The van der Waals surface area contributed by atoms with E-state index in [0.29, 0.717) is 11.7 Å². The van der Waals surface area contributed by atoms with E-state index < -0.39 is 0 Å². The average Bonchev–Trinajstić information content (AvgIpc) is 2.32. The Hall–Kier alpha value is -1.22. The van der Waals surface area contributed by atoms with Crippen LogP contribution in [0.4, 0.5) is 11.4 Å². The highest BCUT2D eigenvalue weighted by Gasteiger charge is 2.21. The molecular formula is C13H21N3. The van der Waals surface area contributed by atoms with Gasteiger partial charge in [-0.3, -0.25) is 4.90 Å². The Morgan fingerprint density at radius 2 is 2.12 bits per heavy atom. The Morgan fingerprint density at radius 3 is 2.81 bits per heavy atom. The van der Waals surface area contributed by atoms with Gasteiger partial charge in [-0.05, 0) is 37.0 Å². The Bertz CT molecular complexity index is 387. The van der Waals surface area contributed by atoms with E-state index in [1.165, 1.54) is 17.5 Å². The van der Waals surface area contributed by atoms with Gasteiger partial charge in [0.05, 0.1) is 11.4 Å². The molecule has 1 atom stereocenters. The van der Waals surface area contributed by atoms with Gasteiger partial charge in [0.25, 0.3) is 0 Å². The van der Waals surface area contributed by atoms with Crippen LogP contribution in [0, 0.1) is 0 Å². The summed E-state index contributed by atoms with van der Waals surface area (Å²) in [6, 6.07) is 4.66. The molecule has 3 nitrogen and oxygen atoms in total. The molecule has 0 amide bonds. The third-order valence-electron chi connectivity index (χ3n) is 3.73. The van der Waals surface area contributed by atoms with Gasteiger partial charge in [-0.2, -0.15) is 0 Å². The molecule has 88 valence electrons. The molecule has 1 aromatic rings. The van der Waals surface area contributed by atoms with Crippen LogP contribution in [0.1, 0.15) is 31.4 Å². The van der Waals surface area contributed by atoms with Gasteiger partial charge in [0.15, 0.2) is 0 Å². The summed E-state index contributed by atoms with van der Waals surface area (Å²) >= 11 is 0. The predicted octanol–water partition coefficient (Wildman–Crippen LogP) is 2.01. The second-order valence-electron chi connectivity index (χ2n) is 4.68. The van der Waals surface area contributed by atoms with E-state index in [2.05, 4.69) is 24.8 Å². The molecule has 0 saturated heterocycles. The van der Waals surface area contributed by atoms with Crippen LogP contribution in [0.2, 0.25) is 0 Å². The Labute approximate surface area is 97.4 Å². The first-order valence-electron chi connectivity index (χ1n) is 6.03. The van der Waals surface area contributed by atoms with Gasteiger partial charge in [0.2, 0.25) is 0 Å². The minimum absolute atomic E-state index is 0.619. The molecule has 0 spiro atoms. The fourth-order valence-corrected chi connectivity index (χ4v) is 2.33. The van der Waals surface area contributed by atoms with Crippen molar-refractivity contribution in [3.8, 4) is 0 Å². The second kappa shape index (κ2) is 4.34. The molecule has 0 aromatic heterocycles. The van der Waals surface area contributed by atoms with Crippen molar-refractivity contribution in [2.45, 2.75) is 39.3 Å². The quantitative estimate of drug-likeness (QED) is 0.748. The molecule has 0 saturated carbocycles. The van der Waals surface area contributed by atoms with Gasteiger partial charge >= 0.3 is 0 Å². The van der Waals surface area contributed by atoms with Gasteiger partial charge < -0.3 is 11.5 Å². The van der Waals surface area contributed by atoms with Crippen LogP contribution < -0.4 is 11.5 Å². The predicted molar refractivity (Wildman–Crippen MR) is 69.1 cm³/mol. The minimum Gasteiger partial charge on any atom is -0.397 e. The van der Waals surface area contributed by atoms with E-state index in [4.69, 9.17) is 11.5 Å². The molecule has 1 aromatic carbocycles. The largest absolute Gasteiger partial charge is 0.397 e. The molecule has 0 fully saturated rings. The molecular weight excluding hydrogens is 198 g/mol. The van der Waals surface area contributed by atoms with Crippen LogP contribution in [0.5, 0.6) is 0 Å². The van der Waals surface area contributed by atoms with Crippen molar-refractivity contribution in [3.05, 3.63) is 23.3 Å². The van der Waals surface area contributed by atoms with Crippen molar-refractivity contribution in [2.24, 2.45) is 0 Å². The summed E-state index contributed by atoms with van der Waals surface area (Å²) < 4.78 is 0. The lowest BCUT2D eigenvalue weighted by Crippen LogP contribution is -2.37. The lowest BCUT2D eigenvalue weighted by molar-refractivity contribution is 0.187. The summed E-state index contributed by atoms with van der Waals surface area (Å²) in [5.41, 5.74) is 16.0. The van der Waals surface area contributed by atoms with Crippen LogP contribution in [0.25, 0.3) is 0 Å². The number of nitrogens with two attached hydrogens (primary N) is 2. The van der Waals surface area contributed by atoms with Crippen LogP contribution in [0.3, 0.4) is 0 Å². The highest BCUT2D eigenvalue weighted by Crippen LogP contribution is 2.29. The van der Waals surface area contributed by atoms with Crippen LogP contribution >= 0.6 is 0 Å². The lowest BCUT2D eigenvalue weighted by Gasteiger charge is -2.34. The Balaban J connectivity index is 2.28.